The zero-order valence-electron chi connectivity index (χ0n) is 15.0. The van der Waals surface area contributed by atoms with Gasteiger partial charge in [0.2, 0.25) is 5.91 Å². The maximum absolute atomic E-state index is 12.8. The maximum atomic E-state index is 12.8. The van der Waals surface area contributed by atoms with Gasteiger partial charge in [-0.15, -0.1) is 0 Å². The molecule has 1 aromatic carbocycles. The van der Waals surface area contributed by atoms with Crippen LogP contribution in [0.2, 0.25) is 0 Å². The van der Waals surface area contributed by atoms with Gasteiger partial charge in [0, 0.05) is 25.2 Å². The number of rotatable bonds is 7. The van der Waals surface area contributed by atoms with Gasteiger partial charge in [0.25, 0.3) is 0 Å². The summed E-state index contributed by atoms with van der Waals surface area (Å²) in [7, 11) is 0. The molecule has 1 heterocycles. The van der Waals surface area contributed by atoms with Gasteiger partial charge in [-0.3, -0.25) is 9.69 Å². The second-order valence-corrected chi connectivity index (χ2v) is 7.74. The third-order valence-electron chi connectivity index (χ3n) is 5.41. The van der Waals surface area contributed by atoms with Crippen LogP contribution in [-0.2, 0) is 11.3 Å². The van der Waals surface area contributed by atoms with Crippen LogP contribution in [0.5, 0.6) is 0 Å². The van der Waals surface area contributed by atoms with Gasteiger partial charge >= 0.3 is 0 Å². The summed E-state index contributed by atoms with van der Waals surface area (Å²) in [5, 5.41) is 0. The smallest absolute Gasteiger partial charge is 0.240 e. The van der Waals surface area contributed by atoms with Crippen LogP contribution in [0.4, 0.5) is 0 Å². The van der Waals surface area contributed by atoms with Crippen LogP contribution < -0.4 is 5.73 Å². The molecule has 1 aliphatic carbocycles. The van der Waals surface area contributed by atoms with E-state index in [9.17, 15) is 4.79 Å². The Morgan fingerprint density at radius 2 is 1.96 bits per heavy atom. The minimum atomic E-state index is -0.366. The Morgan fingerprint density at radius 3 is 2.58 bits per heavy atom. The second-order valence-electron chi connectivity index (χ2n) is 7.74. The first kappa shape index (κ1) is 17.4. The van der Waals surface area contributed by atoms with Crippen LogP contribution in [0.3, 0.4) is 0 Å². The number of amides is 1. The van der Waals surface area contributed by atoms with Crippen LogP contribution in [-0.4, -0.2) is 46.9 Å². The molecule has 2 N–H and O–H groups in total. The van der Waals surface area contributed by atoms with Crippen molar-refractivity contribution in [1.82, 2.24) is 9.80 Å². The first-order valence-corrected chi connectivity index (χ1v) is 9.40. The number of hydrogen-bond donors (Lipinski definition) is 1. The molecular formula is C20H31N3O. The molecule has 4 heteroatoms. The minimum absolute atomic E-state index is 0.152. The van der Waals surface area contributed by atoms with Gasteiger partial charge in [-0.1, -0.05) is 44.2 Å². The van der Waals surface area contributed by atoms with E-state index in [0.717, 1.165) is 32.5 Å². The van der Waals surface area contributed by atoms with Crippen LogP contribution in [0, 0.1) is 5.92 Å². The van der Waals surface area contributed by atoms with E-state index in [1.165, 1.54) is 18.4 Å². The molecule has 0 bridgehead atoms. The molecule has 0 aromatic heterocycles. The van der Waals surface area contributed by atoms with Crippen molar-refractivity contribution in [1.29, 1.82) is 0 Å². The molecule has 4 nitrogen and oxygen atoms in total. The van der Waals surface area contributed by atoms with Gasteiger partial charge in [-0.2, -0.15) is 0 Å². The molecule has 1 aromatic rings. The molecule has 0 unspecified atom stereocenters. The highest BCUT2D eigenvalue weighted by Gasteiger charge is 2.38. The van der Waals surface area contributed by atoms with Crippen LogP contribution in [0.25, 0.3) is 0 Å². The Morgan fingerprint density at radius 1 is 1.25 bits per heavy atom. The largest absolute Gasteiger partial charge is 0.337 e. The lowest BCUT2D eigenvalue weighted by atomic mass is 10.0. The van der Waals surface area contributed by atoms with Gasteiger partial charge in [-0.25, -0.2) is 0 Å². The van der Waals surface area contributed by atoms with Gasteiger partial charge in [0.05, 0.1) is 6.04 Å². The number of benzene rings is 1. The van der Waals surface area contributed by atoms with E-state index in [1.54, 1.807) is 0 Å². The monoisotopic (exact) mass is 329 g/mol. The molecule has 1 aliphatic heterocycles. The van der Waals surface area contributed by atoms with Gasteiger partial charge < -0.3 is 10.6 Å². The summed E-state index contributed by atoms with van der Waals surface area (Å²) in [6, 6.07) is 11.2. The molecule has 1 amide bonds. The molecular weight excluding hydrogens is 298 g/mol. The Labute approximate surface area is 146 Å². The summed E-state index contributed by atoms with van der Waals surface area (Å²) in [5.74, 6) is 0.349. The van der Waals surface area contributed by atoms with E-state index < -0.39 is 0 Å². The Kier molecular flexibility index (Phi) is 5.57. The summed E-state index contributed by atoms with van der Waals surface area (Å²) < 4.78 is 0. The van der Waals surface area contributed by atoms with Gasteiger partial charge in [0.15, 0.2) is 0 Å². The van der Waals surface area contributed by atoms with Crippen molar-refractivity contribution in [2.24, 2.45) is 11.7 Å². The van der Waals surface area contributed by atoms with Crippen molar-refractivity contribution < 1.29 is 4.79 Å². The lowest BCUT2D eigenvalue weighted by Gasteiger charge is -2.33. The first-order chi connectivity index (χ1) is 11.6. The predicted octanol–water partition coefficient (Wildman–Crippen LogP) is 2.63. The van der Waals surface area contributed by atoms with E-state index in [2.05, 4.69) is 40.1 Å². The van der Waals surface area contributed by atoms with Crippen molar-refractivity contribution in [2.75, 3.05) is 13.1 Å². The lowest BCUT2D eigenvalue weighted by molar-refractivity contribution is -0.135. The summed E-state index contributed by atoms with van der Waals surface area (Å²) >= 11 is 0. The van der Waals surface area contributed by atoms with Crippen LogP contribution in [0.15, 0.2) is 30.3 Å². The zero-order chi connectivity index (χ0) is 17.1. The first-order valence-electron chi connectivity index (χ1n) is 9.40. The Bertz CT molecular complexity index is 541. The number of carbonyl (C=O) groups excluding carboxylic acids is 1. The SMILES string of the molecule is CC(C)[C@H](N)C(=O)N(C[C@H]1CCCN1Cc1ccccc1)C1CC1. The number of carbonyl (C=O) groups is 1. The third kappa shape index (κ3) is 4.17. The highest BCUT2D eigenvalue weighted by molar-refractivity contribution is 5.82. The molecule has 0 radical (unpaired) electrons. The zero-order valence-corrected chi connectivity index (χ0v) is 15.0. The van der Waals surface area contributed by atoms with E-state index >= 15 is 0 Å². The molecule has 0 spiro atoms. The number of nitrogens with zero attached hydrogens (tertiary/aromatic N) is 2. The minimum Gasteiger partial charge on any atom is -0.337 e. The fraction of sp³-hybridized carbons (Fsp3) is 0.650. The molecule has 132 valence electrons. The third-order valence-corrected chi connectivity index (χ3v) is 5.41. The Hall–Kier alpha value is -1.39. The lowest BCUT2D eigenvalue weighted by Crippen LogP contribution is -2.51. The predicted molar refractivity (Wildman–Crippen MR) is 97.4 cm³/mol. The molecule has 24 heavy (non-hydrogen) atoms. The van der Waals surface area contributed by atoms with Crippen molar-refractivity contribution in [3.63, 3.8) is 0 Å². The normalized spacial score (nSPS) is 22.8. The summed E-state index contributed by atoms with van der Waals surface area (Å²) in [6.45, 7) is 7.02. The average molecular weight is 329 g/mol. The van der Waals surface area contributed by atoms with E-state index in [1.807, 2.05) is 13.8 Å². The Balaban J connectivity index is 1.64. The fourth-order valence-corrected chi connectivity index (χ4v) is 3.64. The summed E-state index contributed by atoms with van der Waals surface area (Å²) in [5.41, 5.74) is 7.51. The molecule has 3 rings (SSSR count). The fourth-order valence-electron chi connectivity index (χ4n) is 3.64. The quantitative estimate of drug-likeness (QED) is 0.836. The highest BCUT2D eigenvalue weighted by atomic mass is 16.2. The van der Waals surface area contributed by atoms with Crippen molar-refractivity contribution >= 4 is 5.91 Å². The van der Waals surface area contributed by atoms with Crippen LogP contribution >= 0.6 is 0 Å². The van der Waals surface area contributed by atoms with Gasteiger partial charge in [0.1, 0.15) is 0 Å². The van der Waals surface area contributed by atoms with E-state index in [4.69, 9.17) is 5.73 Å². The van der Waals surface area contributed by atoms with Crippen molar-refractivity contribution in [2.45, 2.75) is 64.2 Å². The number of hydrogen-bond acceptors (Lipinski definition) is 3. The molecule has 2 aliphatic rings. The second kappa shape index (κ2) is 7.66. The number of likely N-dealkylation sites (tertiary alicyclic amines) is 1. The molecule has 2 fully saturated rings. The van der Waals surface area contributed by atoms with Gasteiger partial charge in [-0.05, 0) is 43.7 Å². The van der Waals surface area contributed by atoms with Crippen molar-refractivity contribution in [3.8, 4) is 0 Å². The molecule has 1 saturated heterocycles. The summed E-state index contributed by atoms with van der Waals surface area (Å²) in [4.78, 5) is 17.4. The number of nitrogens with two attached hydrogens (primary N) is 1. The molecule has 2 atom stereocenters. The van der Waals surface area contributed by atoms with E-state index in [0.29, 0.717) is 12.1 Å². The van der Waals surface area contributed by atoms with Crippen molar-refractivity contribution in [3.05, 3.63) is 35.9 Å². The average Bonchev–Trinajstić information content (AvgIpc) is 3.33. The van der Waals surface area contributed by atoms with E-state index in [-0.39, 0.29) is 17.9 Å². The topological polar surface area (TPSA) is 49.6 Å². The van der Waals surface area contributed by atoms with Crippen LogP contribution in [0.1, 0.15) is 45.1 Å². The molecule has 1 saturated carbocycles. The standard InChI is InChI=1S/C20H31N3O/c1-15(2)19(21)20(24)23(17-10-11-17)14-18-9-6-12-22(18)13-16-7-4-3-5-8-16/h3-5,7-8,15,17-19H,6,9-14,21H2,1-2H3/t18-,19+/m1/s1. The summed E-state index contributed by atoms with van der Waals surface area (Å²) in [6.07, 6.45) is 4.69. The maximum Gasteiger partial charge on any atom is 0.240 e. The highest BCUT2D eigenvalue weighted by Crippen LogP contribution is 2.30.